The lowest BCUT2D eigenvalue weighted by atomic mass is 9.29. The second kappa shape index (κ2) is 9.82. The maximum Gasteiger partial charge on any atom is 0.252 e. The van der Waals surface area contributed by atoms with E-state index in [1.807, 2.05) is 11.8 Å². The minimum absolute atomic E-state index is 0.0970. The molecule has 0 spiro atoms. The first-order valence-corrected chi connectivity index (χ1v) is 17.6. The van der Waals surface area contributed by atoms with Gasteiger partial charge in [0.1, 0.15) is 0 Å². The Morgan fingerprint density at radius 1 is 0.438 bits per heavy atom. The highest BCUT2D eigenvalue weighted by atomic mass is 32.2. The Labute approximate surface area is 285 Å². The zero-order valence-corrected chi connectivity index (χ0v) is 27.2. The van der Waals surface area contributed by atoms with Crippen LogP contribution in [-0.4, -0.2) is 13.4 Å². The molecule has 0 fully saturated rings. The van der Waals surface area contributed by atoms with Gasteiger partial charge in [0.05, 0.1) is 5.69 Å². The van der Waals surface area contributed by atoms with Crippen LogP contribution in [0.25, 0.3) is 11.1 Å². The smallest absolute Gasteiger partial charge is 0.252 e. The first-order chi connectivity index (χ1) is 23.8. The SMILES string of the molecule is Cc1ccccc1N1c2ccccc2B2c3ccccc3N3c4ccccc4B4c5ccccc5Sc5c4c3c2c1c5-c1ccccc1. The van der Waals surface area contributed by atoms with E-state index in [4.69, 9.17) is 0 Å². The van der Waals surface area contributed by atoms with E-state index in [0.29, 0.717) is 0 Å². The van der Waals surface area contributed by atoms with Crippen LogP contribution in [0.3, 0.4) is 0 Å². The summed E-state index contributed by atoms with van der Waals surface area (Å²) in [6, 6.07) is 56.6. The number of benzene rings is 7. The van der Waals surface area contributed by atoms with E-state index in [9.17, 15) is 0 Å². The molecule has 4 aliphatic rings. The maximum atomic E-state index is 2.61. The van der Waals surface area contributed by atoms with Crippen molar-refractivity contribution in [2.24, 2.45) is 0 Å². The van der Waals surface area contributed by atoms with Crippen molar-refractivity contribution in [3.63, 3.8) is 0 Å². The third-order valence-corrected chi connectivity index (χ3v) is 12.0. The van der Waals surface area contributed by atoms with Gasteiger partial charge in [-0.2, -0.15) is 0 Å². The number of rotatable bonds is 2. The van der Waals surface area contributed by atoms with E-state index in [1.54, 1.807) is 0 Å². The predicted molar refractivity (Wildman–Crippen MR) is 206 cm³/mol. The molecular formula is C43H28B2N2S. The second-order valence-corrected chi connectivity index (χ2v) is 14.3. The number of nitrogens with zero attached hydrogens (tertiary/aromatic N) is 2. The summed E-state index contributed by atoms with van der Waals surface area (Å²) in [4.78, 5) is 7.92. The van der Waals surface area contributed by atoms with Gasteiger partial charge < -0.3 is 9.80 Å². The minimum Gasteiger partial charge on any atom is -0.312 e. The van der Waals surface area contributed by atoms with Gasteiger partial charge in [-0.15, -0.1) is 0 Å². The van der Waals surface area contributed by atoms with Gasteiger partial charge in [0, 0.05) is 43.8 Å². The summed E-state index contributed by atoms with van der Waals surface area (Å²) in [5.74, 6) is 0. The number of anilines is 6. The van der Waals surface area contributed by atoms with Crippen molar-refractivity contribution in [2.75, 3.05) is 9.80 Å². The summed E-state index contributed by atoms with van der Waals surface area (Å²) in [7, 11) is 0. The highest BCUT2D eigenvalue weighted by Gasteiger charge is 2.51. The molecule has 11 rings (SSSR count). The Balaban J connectivity index is 1.40. The van der Waals surface area contributed by atoms with E-state index in [1.165, 1.54) is 93.4 Å². The molecule has 222 valence electrons. The van der Waals surface area contributed by atoms with Crippen molar-refractivity contribution in [3.05, 3.63) is 157 Å². The third-order valence-electron chi connectivity index (χ3n) is 10.8. The standard InChI is InChI=1S/C43H28B2N2S/c1-27-15-5-10-22-33(27)46-34-23-11-6-18-29(34)44-30-19-7-12-24-35(30)47-36-25-13-8-20-31(36)45-32-21-9-14-26-37(32)48-43-38(28-16-3-2-4-17-28)41(46)39(44)42(47)40(43)45/h2-26H,1H3. The van der Waals surface area contributed by atoms with E-state index in [-0.39, 0.29) is 13.4 Å². The molecule has 0 bridgehead atoms. The fraction of sp³-hybridized carbons (Fsp3) is 0.0233. The van der Waals surface area contributed by atoms with Crippen LogP contribution in [0.4, 0.5) is 34.1 Å². The monoisotopic (exact) mass is 626 g/mol. The van der Waals surface area contributed by atoms with Gasteiger partial charge in [0.2, 0.25) is 6.71 Å². The predicted octanol–water partition coefficient (Wildman–Crippen LogP) is 7.04. The highest BCUT2D eigenvalue weighted by Crippen LogP contribution is 2.53. The lowest BCUT2D eigenvalue weighted by Gasteiger charge is -2.50. The summed E-state index contributed by atoms with van der Waals surface area (Å²) < 4.78 is 0. The third kappa shape index (κ3) is 3.37. The van der Waals surface area contributed by atoms with E-state index < -0.39 is 0 Å². The van der Waals surface area contributed by atoms with Crippen molar-refractivity contribution in [2.45, 2.75) is 16.7 Å². The Morgan fingerprint density at radius 3 is 1.54 bits per heavy atom. The molecule has 48 heavy (non-hydrogen) atoms. The van der Waals surface area contributed by atoms with Crippen molar-refractivity contribution in [1.29, 1.82) is 0 Å². The molecule has 0 N–H and O–H groups in total. The van der Waals surface area contributed by atoms with Crippen molar-refractivity contribution in [3.8, 4) is 11.1 Å². The molecule has 0 unspecified atom stereocenters. The van der Waals surface area contributed by atoms with Crippen molar-refractivity contribution < 1.29 is 0 Å². The number of hydrogen-bond acceptors (Lipinski definition) is 3. The summed E-state index contributed by atoms with van der Waals surface area (Å²) in [5, 5.41) is 0. The number of fused-ring (bicyclic) bond motifs is 10. The molecule has 7 aromatic rings. The number of para-hydroxylation sites is 4. The van der Waals surface area contributed by atoms with Crippen LogP contribution >= 0.6 is 11.8 Å². The molecule has 5 heteroatoms. The minimum atomic E-state index is 0.0970. The van der Waals surface area contributed by atoms with E-state index in [2.05, 4.69) is 168 Å². The quantitative estimate of drug-likeness (QED) is 0.190. The molecule has 0 saturated carbocycles. The normalized spacial score (nSPS) is 14.1. The second-order valence-electron chi connectivity index (χ2n) is 13.2. The summed E-state index contributed by atoms with van der Waals surface area (Å²) in [6.45, 7) is 2.49. The maximum absolute atomic E-state index is 2.61. The molecule has 7 aromatic carbocycles. The summed E-state index contributed by atoms with van der Waals surface area (Å²) in [6.07, 6.45) is 0. The molecule has 0 amide bonds. The molecule has 0 aromatic heterocycles. The highest BCUT2D eigenvalue weighted by molar-refractivity contribution is 8.00. The molecule has 2 nitrogen and oxygen atoms in total. The van der Waals surface area contributed by atoms with Gasteiger partial charge in [0.25, 0.3) is 6.71 Å². The van der Waals surface area contributed by atoms with Crippen LogP contribution in [0.15, 0.2) is 161 Å². The lowest BCUT2D eigenvalue weighted by Crippen LogP contribution is -2.68. The summed E-state index contributed by atoms with van der Waals surface area (Å²) >= 11 is 1.96. The fourth-order valence-corrected chi connectivity index (χ4v) is 10.3. The molecule has 0 atom stereocenters. The van der Waals surface area contributed by atoms with Gasteiger partial charge in [0.15, 0.2) is 0 Å². The fourth-order valence-electron chi connectivity index (χ4n) is 8.98. The molecular weight excluding hydrogens is 598 g/mol. The number of hydrogen-bond donors (Lipinski definition) is 0. The molecule has 0 radical (unpaired) electrons. The van der Waals surface area contributed by atoms with Gasteiger partial charge in [-0.25, -0.2) is 0 Å². The van der Waals surface area contributed by atoms with Gasteiger partial charge in [-0.1, -0.05) is 139 Å². The summed E-state index contributed by atoms with van der Waals surface area (Å²) in [5.41, 5.74) is 19.9. The van der Waals surface area contributed by atoms with Gasteiger partial charge >= 0.3 is 0 Å². The first-order valence-electron chi connectivity index (χ1n) is 16.8. The average Bonchev–Trinajstić information content (AvgIpc) is 3.15. The zero-order chi connectivity index (χ0) is 31.5. The molecule has 0 aliphatic carbocycles. The molecule has 0 saturated heterocycles. The average molecular weight is 626 g/mol. The van der Waals surface area contributed by atoms with Crippen LogP contribution in [0.2, 0.25) is 0 Å². The first kappa shape index (κ1) is 26.7. The Bertz CT molecular complexity index is 2480. The van der Waals surface area contributed by atoms with Crippen LogP contribution in [-0.2, 0) is 0 Å². The Kier molecular flexibility index (Phi) is 5.46. The van der Waals surface area contributed by atoms with Crippen LogP contribution in [0.1, 0.15) is 5.56 Å². The van der Waals surface area contributed by atoms with Crippen molar-refractivity contribution >= 4 is 92.1 Å². The lowest BCUT2D eigenvalue weighted by molar-refractivity contribution is 1.22. The van der Waals surface area contributed by atoms with E-state index in [0.717, 1.165) is 0 Å². The van der Waals surface area contributed by atoms with Crippen molar-refractivity contribution in [1.82, 2.24) is 0 Å². The zero-order valence-electron chi connectivity index (χ0n) is 26.4. The Morgan fingerprint density at radius 2 is 0.917 bits per heavy atom. The van der Waals surface area contributed by atoms with Crippen LogP contribution in [0, 0.1) is 6.92 Å². The van der Waals surface area contributed by atoms with Gasteiger partial charge in [-0.05, 0) is 75.7 Å². The largest absolute Gasteiger partial charge is 0.312 e. The number of aryl methyl sites for hydroxylation is 1. The van der Waals surface area contributed by atoms with E-state index >= 15 is 0 Å². The van der Waals surface area contributed by atoms with Gasteiger partial charge in [-0.3, -0.25) is 0 Å². The molecule has 4 aliphatic heterocycles. The van der Waals surface area contributed by atoms with Crippen LogP contribution in [0.5, 0.6) is 0 Å². The van der Waals surface area contributed by atoms with Crippen LogP contribution < -0.4 is 42.6 Å². The Hall–Kier alpha value is -5.38. The topological polar surface area (TPSA) is 6.48 Å². The molecule has 4 heterocycles.